The number of aromatic nitrogens is 4. The second-order valence-electron chi connectivity index (χ2n) is 5.52. The topological polar surface area (TPSA) is 99.1 Å². The first kappa shape index (κ1) is 18.4. The molecule has 0 aliphatic heterocycles. The van der Waals surface area contributed by atoms with Crippen LogP contribution in [0.3, 0.4) is 0 Å². The van der Waals surface area contributed by atoms with Crippen molar-refractivity contribution < 1.29 is 0 Å². The molecule has 132 valence electrons. The summed E-state index contributed by atoms with van der Waals surface area (Å²) in [5, 5.41) is 17.3. The SMILES string of the molecule is N#Cc1ccc(-c2ccccn2)nc1.N#Cc1ccnc(-c2ccccn2)c1. The van der Waals surface area contributed by atoms with Crippen LogP contribution < -0.4 is 0 Å². The van der Waals surface area contributed by atoms with E-state index in [2.05, 4.69) is 26.0 Å². The van der Waals surface area contributed by atoms with Gasteiger partial charge in [-0.05, 0) is 48.5 Å². The maximum Gasteiger partial charge on any atom is 0.101 e. The molecule has 0 N–H and O–H groups in total. The van der Waals surface area contributed by atoms with Gasteiger partial charge in [0, 0.05) is 24.8 Å². The summed E-state index contributed by atoms with van der Waals surface area (Å²) in [5.74, 6) is 0. The molecule has 0 aliphatic rings. The normalized spacial score (nSPS) is 9.36. The van der Waals surface area contributed by atoms with E-state index in [1.54, 1.807) is 49.1 Å². The van der Waals surface area contributed by atoms with Gasteiger partial charge in [0.1, 0.15) is 6.07 Å². The summed E-state index contributed by atoms with van der Waals surface area (Å²) in [6, 6.07) is 22.3. The highest BCUT2D eigenvalue weighted by Gasteiger charge is 2.00. The second-order valence-corrected chi connectivity index (χ2v) is 5.52. The van der Waals surface area contributed by atoms with Crippen LogP contribution in [0.4, 0.5) is 0 Å². The van der Waals surface area contributed by atoms with E-state index >= 15 is 0 Å². The van der Waals surface area contributed by atoms with Gasteiger partial charge < -0.3 is 0 Å². The third-order valence-electron chi connectivity index (χ3n) is 3.64. The molecule has 0 atom stereocenters. The average Bonchev–Trinajstić information content (AvgIpc) is 2.81. The Balaban J connectivity index is 0.000000161. The van der Waals surface area contributed by atoms with Gasteiger partial charge in [0.2, 0.25) is 0 Å². The van der Waals surface area contributed by atoms with Gasteiger partial charge in [0.25, 0.3) is 0 Å². The third-order valence-corrected chi connectivity index (χ3v) is 3.64. The molecule has 6 heteroatoms. The van der Waals surface area contributed by atoms with Gasteiger partial charge in [-0.25, -0.2) is 0 Å². The lowest BCUT2D eigenvalue weighted by Crippen LogP contribution is -1.86. The maximum absolute atomic E-state index is 8.71. The minimum absolute atomic E-state index is 0.560. The van der Waals surface area contributed by atoms with Gasteiger partial charge in [0.05, 0.1) is 40.0 Å². The standard InChI is InChI=1S/2C11H7N3/c12-7-9-4-5-11(14-8-9)10-3-1-2-6-13-10;12-8-9-4-6-14-11(7-9)10-3-1-2-5-13-10/h1-6,8H;1-7H. The van der Waals surface area contributed by atoms with Crippen LogP contribution in [0.5, 0.6) is 0 Å². The third kappa shape index (κ3) is 4.81. The van der Waals surface area contributed by atoms with Gasteiger partial charge in [-0.3, -0.25) is 19.9 Å². The van der Waals surface area contributed by atoms with Crippen LogP contribution in [-0.4, -0.2) is 19.9 Å². The van der Waals surface area contributed by atoms with Crippen molar-refractivity contribution in [2.45, 2.75) is 0 Å². The maximum atomic E-state index is 8.71. The highest BCUT2D eigenvalue weighted by molar-refractivity contribution is 5.56. The first-order valence-corrected chi connectivity index (χ1v) is 8.35. The van der Waals surface area contributed by atoms with Crippen molar-refractivity contribution in [2.75, 3.05) is 0 Å². The Labute approximate surface area is 162 Å². The van der Waals surface area contributed by atoms with Crippen molar-refractivity contribution >= 4 is 0 Å². The van der Waals surface area contributed by atoms with Crippen molar-refractivity contribution in [3.05, 3.63) is 96.6 Å². The Kier molecular flexibility index (Phi) is 6.12. The molecule has 4 aromatic heterocycles. The quantitative estimate of drug-likeness (QED) is 0.534. The zero-order valence-corrected chi connectivity index (χ0v) is 14.8. The van der Waals surface area contributed by atoms with Crippen LogP contribution in [0.15, 0.2) is 85.5 Å². The zero-order valence-electron chi connectivity index (χ0n) is 14.8. The fraction of sp³-hybridized carbons (Fsp3) is 0. The predicted molar refractivity (Wildman–Crippen MR) is 104 cm³/mol. The Morgan fingerprint density at radius 3 is 1.68 bits per heavy atom. The Morgan fingerprint density at radius 2 is 1.14 bits per heavy atom. The van der Waals surface area contributed by atoms with Gasteiger partial charge in [-0.2, -0.15) is 10.5 Å². The van der Waals surface area contributed by atoms with Crippen LogP contribution in [0, 0.1) is 22.7 Å². The highest BCUT2D eigenvalue weighted by Crippen LogP contribution is 2.14. The van der Waals surface area contributed by atoms with Crippen LogP contribution in [0.1, 0.15) is 11.1 Å². The van der Waals surface area contributed by atoms with E-state index in [9.17, 15) is 0 Å². The van der Waals surface area contributed by atoms with E-state index in [0.29, 0.717) is 11.1 Å². The van der Waals surface area contributed by atoms with Crippen molar-refractivity contribution in [3.8, 4) is 34.9 Å². The summed E-state index contributed by atoms with van der Waals surface area (Å²) >= 11 is 0. The van der Waals surface area contributed by atoms with Gasteiger partial charge >= 0.3 is 0 Å². The van der Waals surface area contributed by atoms with Crippen molar-refractivity contribution in [1.82, 2.24) is 19.9 Å². The van der Waals surface area contributed by atoms with E-state index in [4.69, 9.17) is 10.5 Å². The fourth-order valence-electron chi connectivity index (χ4n) is 2.28. The lowest BCUT2D eigenvalue weighted by Gasteiger charge is -1.98. The predicted octanol–water partition coefficient (Wildman–Crippen LogP) is 4.03. The van der Waals surface area contributed by atoms with E-state index in [0.717, 1.165) is 22.8 Å². The number of rotatable bonds is 2. The number of nitrogens with zero attached hydrogens (tertiary/aromatic N) is 6. The highest BCUT2D eigenvalue weighted by atomic mass is 14.8. The first-order chi connectivity index (χ1) is 13.8. The van der Waals surface area contributed by atoms with Crippen molar-refractivity contribution in [2.24, 2.45) is 0 Å². The fourth-order valence-corrected chi connectivity index (χ4v) is 2.28. The molecular weight excluding hydrogens is 348 g/mol. The molecule has 0 aromatic carbocycles. The van der Waals surface area contributed by atoms with Crippen molar-refractivity contribution in [1.29, 1.82) is 10.5 Å². The minimum Gasteiger partial charge on any atom is -0.255 e. The lowest BCUT2D eigenvalue weighted by molar-refractivity contribution is 1.24. The summed E-state index contributed by atoms with van der Waals surface area (Å²) in [7, 11) is 0. The Hall–Kier alpha value is -4.42. The molecule has 0 spiro atoms. The summed E-state index contributed by atoms with van der Waals surface area (Å²) < 4.78 is 0. The van der Waals surface area contributed by atoms with E-state index in [1.165, 1.54) is 0 Å². The summed E-state index contributed by atoms with van der Waals surface area (Å²) in [6.45, 7) is 0. The molecule has 0 aliphatic carbocycles. The molecule has 0 bridgehead atoms. The molecule has 0 fully saturated rings. The molecule has 4 heterocycles. The molecule has 4 rings (SSSR count). The monoisotopic (exact) mass is 362 g/mol. The van der Waals surface area contributed by atoms with E-state index in [1.807, 2.05) is 42.5 Å². The zero-order chi connectivity index (χ0) is 19.6. The number of pyridine rings is 4. The first-order valence-electron chi connectivity index (χ1n) is 8.35. The summed E-state index contributed by atoms with van der Waals surface area (Å²) in [5.41, 5.74) is 4.26. The number of hydrogen-bond acceptors (Lipinski definition) is 6. The van der Waals surface area contributed by atoms with Crippen LogP contribution in [-0.2, 0) is 0 Å². The molecule has 0 saturated heterocycles. The smallest absolute Gasteiger partial charge is 0.101 e. The Bertz CT molecular complexity index is 1110. The van der Waals surface area contributed by atoms with Crippen molar-refractivity contribution in [3.63, 3.8) is 0 Å². The second kappa shape index (κ2) is 9.33. The molecule has 0 unspecified atom stereocenters. The molecule has 0 amide bonds. The van der Waals surface area contributed by atoms with Gasteiger partial charge in [-0.1, -0.05) is 12.1 Å². The minimum atomic E-state index is 0.560. The van der Waals surface area contributed by atoms with Gasteiger partial charge in [-0.15, -0.1) is 0 Å². The summed E-state index contributed by atoms with van der Waals surface area (Å²) in [6.07, 6.45) is 6.58. The number of hydrogen-bond donors (Lipinski definition) is 0. The van der Waals surface area contributed by atoms with Gasteiger partial charge in [0.15, 0.2) is 0 Å². The molecule has 6 nitrogen and oxygen atoms in total. The largest absolute Gasteiger partial charge is 0.255 e. The lowest BCUT2D eigenvalue weighted by atomic mass is 10.2. The molecular formula is C22H14N6. The molecule has 0 saturated carbocycles. The van der Waals surface area contributed by atoms with E-state index < -0.39 is 0 Å². The van der Waals surface area contributed by atoms with Crippen LogP contribution in [0.25, 0.3) is 22.8 Å². The van der Waals surface area contributed by atoms with Crippen LogP contribution in [0.2, 0.25) is 0 Å². The number of nitriles is 2. The molecule has 4 aromatic rings. The summed E-state index contributed by atoms with van der Waals surface area (Å²) in [4.78, 5) is 16.6. The molecule has 28 heavy (non-hydrogen) atoms. The average molecular weight is 362 g/mol. The van der Waals surface area contributed by atoms with E-state index in [-0.39, 0.29) is 0 Å². The molecule has 0 radical (unpaired) electrons. The van der Waals surface area contributed by atoms with Crippen LogP contribution >= 0.6 is 0 Å². The Morgan fingerprint density at radius 1 is 0.536 bits per heavy atom.